The summed E-state index contributed by atoms with van der Waals surface area (Å²) in [4.78, 5) is 12.4. The zero-order valence-electron chi connectivity index (χ0n) is 12.5. The third-order valence-electron chi connectivity index (χ3n) is 3.64. The number of benzene rings is 2. The molecule has 0 atom stereocenters. The van der Waals surface area contributed by atoms with Crippen LogP contribution in [0.15, 0.2) is 47.6 Å². The second kappa shape index (κ2) is 5.64. The van der Waals surface area contributed by atoms with Crippen LogP contribution in [0.5, 0.6) is 0 Å². The second-order valence-electron chi connectivity index (χ2n) is 5.71. The molecule has 0 bridgehead atoms. The summed E-state index contributed by atoms with van der Waals surface area (Å²) in [6, 6.07) is 13.0. The molecule has 0 amide bonds. The minimum atomic E-state index is -0.348. The Morgan fingerprint density at radius 3 is 2.45 bits per heavy atom. The van der Waals surface area contributed by atoms with Gasteiger partial charge in [-0.05, 0) is 17.5 Å². The monoisotopic (exact) mass is 295 g/mol. The van der Waals surface area contributed by atoms with Crippen LogP contribution in [0.2, 0.25) is 0 Å². The molecule has 0 fully saturated rings. The molecule has 0 radical (unpaired) electrons. The summed E-state index contributed by atoms with van der Waals surface area (Å²) >= 11 is 0. The molecule has 0 spiro atoms. The summed E-state index contributed by atoms with van der Waals surface area (Å²) in [5.41, 5.74) is 4.24. The fourth-order valence-corrected chi connectivity index (χ4v) is 2.69. The number of hydrogen-bond acceptors (Lipinski definition) is 4. The van der Waals surface area contributed by atoms with Gasteiger partial charge in [-0.2, -0.15) is 0 Å². The van der Waals surface area contributed by atoms with E-state index in [1.54, 1.807) is 12.1 Å². The largest absolute Gasteiger partial charge is 0.462 e. The van der Waals surface area contributed by atoms with E-state index >= 15 is 0 Å². The minimum Gasteiger partial charge on any atom is -0.462 e. The van der Waals surface area contributed by atoms with Crippen molar-refractivity contribution in [2.24, 2.45) is 11.1 Å². The summed E-state index contributed by atoms with van der Waals surface area (Å²) < 4.78 is 5.36. The summed E-state index contributed by atoms with van der Waals surface area (Å²) in [6.45, 7) is 4.37. The van der Waals surface area contributed by atoms with Gasteiger partial charge < -0.3 is 9.94 Å². The third-order valence-corrected chi connectivity index (χ3v) is 3.64. The molecule has 1 aliphatic rings. The van der Waals surface area contributed by atoms with Crippen LogP contribution in [0.25, 0.3) is 11.1 Å². The van der Waals surface area contributed by atoms with Crippen LogP contribution < -0.4 is 0 Å². The van der Waals surface area contributed by atoms with Crippen molar-refractivity contribution in [1.82, 2.24) is 0 Å². The molecular weight excluding hydrogens is 278 g/mol. The number of rotatable bonds is 3. The molecule has 1 aliphatic carbocycles. The van der Waals surface area contributed by atoms with Gasteiger partial charge >= 0.3 is 5.97 Å². The first kappa shape index (κ1) is 14.3. The molecule has 3 rings (SSSR count). The fraction of sp³-hybridized carbons (Fsp3) is 0.222. The van der Waals surface area contributed by atoms with E-state index in [9.17, 15) is 10.0 Å². The van der Waals surface area contributed by atoms with Gasteiger partial charge in [0.05, 0.1) is 12.2 Å². The second-order valence-corrected chi connectivity index (χ2v) is 5.71. The van der Waals surface area contributed by atoms with Gasteiger partial charge in [-0.1, -0.05) is 55.4 Å². The van der Waals surface area contributed by atoms with Gasteiger partial charge in [0.2, 0.25) is 0 Å². The van der Waals surface area contributed by atoms with E-state index in [4.69, 9.17) is 4.74 Å². The van der Waals surface area contributed by atoms with E-state index < -0.39 is 0 Å². The number of hydrogen-bond donors (Lipinski definition) is 1. The Labute approximate surface area is 129 Å². The molecule has 112 valence electrons. The lowest BCUT2D eigenvalue weighted by atomic mass is 9.99. The van der Waals surface area contributed by atoms with Gasteiger partial charge in [-0.15, -0.1) is 0 Å². The van der Waals surface area contributed by atoms with Gasteiger partial charge in [0.15, 0.2) is 0 Å². The first-order valence-corrected chi connectivity index (χ1v) is 7.25. The Kier molecular flexibility index (Phi) is 3.67. The highest BCUT2D eigenvalue weighted by Crippen LogP contribution is 2.39. The quantitative estimate of drug-likeness (QED) is 0.455. The van der Waals surface area contributed by atoms with Crippen molar-refractivity contribution >= 4 is 11.7 Å². The van der Waals surface area contributed by atoms with Crippen molar-refractivity contribution in [3.8, 4) is 11.1 Å². The predicted molar refractivity (Wildman–Crippen MR) is 84.4 cm³/mol. The van der Waals surface area contributed by atoms with E-state index in [-0.39, 0.29) is 11.9 Å². The molecule has 0 heterocycles. The van der Waals surface area contributed by atoms with Crippen molar-refractivity contribution in [3.05, 3.63) is 59.2 Å². The van der Waals surface area contributed by atoms with Crippen LogP contribution >= 0.6 is 0 Å². The number of oxime groups is 1. The number of nitrogens with zero attached hydrogens (tertiary/aromatic N) is 1. The Bertz CT molecular complexity index is 763. The van der Waals surface area contributed by atoms with E-state index in [1.165, 1.54) is 0 Å². The van der Waals surface area contributed by atoms with Crippen molar-refractivity contribution in [3.63, 3.8) is 0 Å². The maximum absolute atomic E-state index is 12.4. The highest BCUT2D eigenvalue weighted by Gasteiger charge is 2.29. The minimum absolute atomic E-state index is 0.280. The molecule has 2 aromatic rings. The Morgan fingerprint density at radius 1 is 1.09 bits per heavy atom. The van der Waals surface area contributed by atoms with E-state index in [0.717, 1.165) is 22.3 Å². The van der Waals surface area contributed by atoms with E-state index in [1.807, 2.05) is 44.2 Å². The first-order chi connectivity index (χ1) is 10.6. The number of esters is 1. The molecule has 22 heavy (non-hydrogen) atoms. The average molecular weight is 295 g/mol. The number of ether oxygens (including phenoxy) is 1. The lowest BCUT2D eigenvalue weighted by Gasteiger charge is -2.10. The summed E-state index contributed by atoms with van der Waals surface area (Å²) in [5.74, 6) is -0.0675. The van der Waals surface area contributed by atoms with Crippen LogP contribution in [-0.2, 0) is 4.74 Å². The van der Waals surface area contributed by atoms with Crippen molar-refractivity contribution in [1.29, 1.82) is 0 Å². The lowest BCUT2D eigenvalue weighted by molar-refractivity contribution is 0.0460. The molecule has 4 heteroatoms. The molecule has 2 aromatic carbocycles. The van der Waals surface area contributed by atoms with Gasteiger partial charge in [0, 0.05) is 16.7 Å². The van der Waals surface area contributed by atoms with Crippen LogP contribution in [0.4, 0.5) is 0 Å². The lowest BCUT2D eigenvalue weighted by Crippen LogP contribution is -2.11. The average Bonchev–Trinajstić information content (AvgIpc) is 2.86. The highest BCUT2D eigenvalue weighted by molar-refractivity contribution is 6.26. The summed E-state index contributed by atoms with van der Waals surface area (Å²) in [5, 5.41) is 12.7. The van der Waals surface area contributed by atoms with Gasteiger partial charge in [-0.3, -0.25) is 0 Å². The van der Waals surface area contributed by atoms with Crippen LogP contribution in [-0.4, -0.2) is 23.5 Å². The van der Waals surface area contributed by atoms with E-state index in [0.29, 0.717) is 17.9 Å². The fourth-order valence-electron chi connectivity index (χ4n) is 2.69. The SMILES string of the molecule is CC(C)COC(=O)c1cccc2c1-c1ccccc1/C2=N\O. The summed E-state index contributed by atoms with van der Waals surface area (Å²) in [6.07, 6.45) is 0. The Hall–Kier alpha value is -2.62. The Morgan fingerprint density at radius 2 is 1.77 bits per heavy atom. The summed E-state index contributed by atoms with van der Waals surface area (Å²) in [7, 11) is 0. The standard InChI is InChI=1S/C18H17NO3/c1-11(2)10-22-18(20)15-9-5-8-14-16(15)12-6-3-4-7-13(12)17(14)19-21/h3-9,11,21H,10H2,1-2H3/b19-17+. The molecule has 0 aliphatic heterocycles. The molecule has 0 saturated carbocycles. The zero-order valence-corrected chi connectivity index (χ0v) is 12.5. The van der Waals surface area contributed by atoms with Gasteiger partial charge in [0.1, 0.15) is 5.71 Å². The maximum Gasteiger partial charge on any atom is 0.338 e. The van der Waals surface area contributed by atoms with Crippen LogP contribution in [0, 0.1) is 5.92 Å². The van der Waals surface area contributed by atoms with Crippen molar-refractivity contribution in [2.45, 2.75) is 13.8 Å². The smallest absolute Gasteiger partial charge is 0.338 e. The highest BCUT2D eigenvalue weighted by atomic mass is 16.5. The number of carbonyl (C=O) groups excluding carboxylic acids is 1. The normalized spacial score (nSPS) is 14.0. The predicted octanol–water partition coefficient (Wildman–Crippen LogP) is 3.71. The molecule has 0 aromatic heterocycles. The first-order valence-electron chi connectivity index (χ1n) is 7.25. The van der Waals surface area contributed by atoms with Gasteiger partial charge in [0.25, 0.3) is 0 Å². The molecule has 0 saturated heterocycles. The van der Waals surface area contributed by atoms with Gasteiger partial charge in [-0.25, -0.2) is 4.79 Å². The molecule has 0 unspecified atom stereocenters. The van der Waals surface area contributed by atoms with Crippen molar-refractivity contribution in [2.75, 3.05) is 6.61 Å². The molecular formula is C18H17NO3. The maximum atomic E-state index is 12.4. The third kappa shape index (κ3) is 2.26. The topological polar surface area (TPSA) is 58.9 Å². The van der Waals surface area contributed by atoms with Crippen LogP contribution in [0.3, 0.4) is 0 Å². The number of carbonyl (C=O) groups is 1. The van der Waals surface area contributed by atoms with Crippen LogP contribution in [0.1, 0.15) is 35.3 Å². The molecule has 4 nitrogen and oxygen atoms in total. The number of fused-ring (bicyclic) bond motifs is 3. The van der Waals surface area contributed by atoms with Crippen molar-refractivity contribution < 1.29 is 14.7 Å². The van der Waals surface area contributed by atoms with E-state index in [2.05, 4.69) is 5.16 Å². The zero-order chi connectivity index (χ0) is 15.7. The molecule has 1 N–H and O–H groups in total. The Balaban J connectivity index is 2.12.